The summed E-state index contributed by atoms with van der Waals surface area (Å²) in [6, 6.07) is 7.08. The first-order valence-electron chi connectivity index (χ1n) is 9.69. The van der Waals surface area contributed by atoms with Crippen LogP contribution in [0.3, 0.4) is 0 Å². The summed E-state index contributed by atoms with van der Waals surface area (Å²) in [6.07, 6.45) is -3.79. The number of pyridine rings is 1. The number of halogens is 3. The molecule has 0 aliphatic carbocycles. The zero-order chi connectivity index (χ0) is 24.8. The van der Waals surface area contributed by atoms with Gasteiger partial charge in [0.1, 0.15) is 18.0 Å². The molecule has 0 saturated heterocycles. The van der Waals surface area contributed by atoms with E-state index in [0.717, 1.165) is 17.0 Å². The van der Waals surface area contributed by atoms with Crippen molar-refractivity contribution in [3.8, 4) is 0 Å². The van der Waals surface area contributed by atoms with Crippen molar-refractivity contribution in [3.63, 3.8) is 0 Å². The lowest BCUT2D eigenvalue weighted by molar-refractivity contribution is -0.137. The molecular formula is C21H24F3N5O4. The van der Waals surface area contributed by atoms with Gasteiger partial charge in [0.25, 0.3) is 11.8 Å². The number of aromatic nitrogens is 1. The monoisotopic (exact) mass is 467 g/mol. The van der Waals surface area contributed by atoms with Crippen molar-refractivity contribution >= 4 is 29.4 Å². The molecule has 3 N–H and O–H groups in total. The number of hydrogen-bond donors (Lipinski definition) is 3. The Bertz CT molecular complexity index is 1000. The fourth-order valence-electron chi connectivity index (χ4n) is 2.42. The molecule has 2 rings (SSSR count). The van der Waals surface area contributed by atoms with Crippen LogP contribution in [0, 0.1) is 0 Å². The fraction of sp³-hybridized carbons (Fsp3) is 0.333. The highest BCUT2D eigenvalue weighted by Gasteiger charge is 2.30. The number of anilines is 2. The van der Waals surface area contributed by atoms with Gasteiger partial charge in [0.05, 0.1) is 11.1 Å². The number of amides is 3. The summed E-state index contributed by atoms with van der Waals surface area (Å²) in [6.45, 7) is 4.68. The van der Waals surface area contributed by atoms with Crippen molar-refractivity contribution in [1.82, 2.24) is 20.7 Å². The third-order valence-electron chi connectivity index (χ3n) is 3.93. The summed E-state index contributed by atoms with van der Waals surface area (Å²) in [4.78, 5) is 41.5. The van der Waals surface area contributed by atoms with E-state index in [1.165, 1.54) is 37.5 Å². The molecule has 0 spiro atoms. The molecule has 12 heteroatoms. The second-order valence-corrected chi connectivity index (χ2v) is 7.94. The van der Waals surface area contributed by atoms with Crippen LogP contribution in [0.25, 0.3) is 0 Å². The minimum Gasteiger partial charge on any atom is -0.444 e. The molecule has 0 atom stereocenters. The van der Waals surface area contributed by atoms with E-state index in [-0.39, 0.29) is 23.6 Å². The third-order valence-corrected chi connectivity index (χ3v) is 3.93. The molecule has 2 aromatic rings. The van der Waals surface area contributed by atoms with E-state index in [9.17, 15) is 27.6 Å². The van der Waals surface area contributed by atoms with Gasteiger partial charge < -0.3 is 15.0 Å². The number of hydrogen-bond acceptors (Lipinski definition) is 6. The molecule has 33 heavy (non-hydrogen) atoms. The Kier molecular flexibility index (Phi) is 7.85. The lowest BCUT2D eigenvalue weighted by Crippen LogP contribution is -2.47. The molecule has 0 bridgehead atoms. The summed E-state index contributed by atoms with van der Waals surface area (Å²) in [5.41, 5.74) is 3.14. The van der Waals surface area contributed by atoms with Crippen molar-refractivity contribution in [2.75, 3.05) is 18.9 Å². The molecule has 178 valence electrons. The van der Waals surface area contributed by atoms with Gasteiger partial charge in [-0.1, -0.05) is 0 Å². The first-order chi connectivity index (χ1) is 15.3. The first kappa shape index (κ1) is 25.4. The summed E-state index contributed by atoms with van der Waals surface area (Å²) in [7, 11) is 1.36. The van der Waals surface area contributed by atoms with E-state index >= 15 is 0 Å². The van der Waals surface area contributed by atoms with Gasteiger partial charge in [-0.05, 0) is 57.2 Å². The van der Waals surface area contributed by atoms with Crippen LogP contribution < -0.4 is 16.2 Å². The molecule has 0 saturated carbocycles. The normalized spacial score (nSPS) is 11.4. The van der Waals surface area contributed by atoms with E-state index in [4.69, 9.17) is 4.74 Å². The summed E-state index contributed by atoms with van der Waals surface area (Å²) in [5.74, 6) is -1.35. The predicted molar refractivity (Wildman–Crippen MR) is 113 cm³/mol. The van der Waals surface area contributed by atoms with Crippen LogP contribution in [0.1, 0.15) is 36.7 Å². The molecule has 1 heterocycles. The number of ether oxygens (including phenoxy) is 1. The average molecular weight is 467 g/mol. The Hall–Kier alpha value is -3.83. The minimum absolute atomic E-state index is 0.0261. The number of carbonyl (C=O) groups excluding carboxylic acids is 3. The molecule has 3 amide bonds. The summed E-state index contributed by atoms with van der Waals surface area (Å²) < 4.78 is 43.3. The Morgan fingerprint density at radius 1 is 1.03 bits per heavy atom. The molecule has 0 unspecified atom stereocenters. The third kappa shape index (κ3) is 7.98. The van der Waals surface area contributed by atoms with Crippen molar-refractivity contribution in [2.45, 2.75) is 32.5 Å². The Labute approximate surface area is 188 Å². The highest BCUT2D eigenvalue weighted by molar-refractivity contribution is 6.00. The molecule has 0 fully saturated rings. The Balaban J connectivity index is 1.98. The molecule has 0 radical (unpaired) electrons. The topological polar surface area (TPSA) is 113 Å². The van der Waals surface area contributed by atoms with Gasteiger partial charge in [-0.15, -0.1) is 0 Å². The number of benzene rings is 1. The summed E-state index contributed by atoms with van der Waals surface area (Å²) >= 11 is 0. The van der Waals surface area contributed by atoms with Crippen LogP contribution in [0.2, 0.25) is 0 Å². The van der Waals surface area contributed by atoms with Crippen LogP contribution in [0.4, 0.5) is 29.5 Å². The zero-order valence-corrected chi connectivity index (χ0v) is 18.4. The predicted octanol–water partition coefficient (Wildman–Crippen LogP) is 3.47. The van der Waals surface area contributed by atoms with E-state index in [1.54, 1.807) is 20.8 Å². The smallest absolute Gasteiger partial charge is 0.416 e. The average Bonchev–Trinajstić information content (AvgIpc) is 2.71. The Morgan fingerprint density at radius 2 is 1.67 bits per heavy atom. The number of nitrogens with one attached hydrogen (secondary N) is 3. The molecule has 1 aromatic heterocycles. The molecule has 0 aliphatic heterocycles. The van der Waals surface area contributed by atoms with Crippen molar-refractivity contribution < 1.29 is 32.3 Å². The lowest BCUT2D eigenvalue weighted by Gasteiger charge is -2.24. The number of rotatable bonds is 5. The molecule has 1 aromatic carbocycles. The maximum absolute atomic E-state index is 12.7. The van der Waals surface area contributed by atoms with Crippen LogP contribution >= 0.6 is 0 Å². The second-order valence-electron chi connectivity index (χ2n) is 7.94. The van der Waals surface area contributed by atoms with E-state index < -0.39 is 35.2 Å². The number of nitrogens with zero attached hydrogens (tertiary/aromatic N) is 2. The minimum atomic E-state index is -4.47. The van der Waals surface area contributed by atoms with Gasteiger partial charge >= 0.3 is 12.3 Å². The van der Waals surface area contributed by atoms with Gasteiger partial charge in [-0.2, -0.15) is 13.2 Å². The van der Waals surface area contributed by atoms with Crippen LogP contribution in [-0.4, -0.2) is 47.0 Å². The summed E-state index contributed by atoms with van der Waals surface area (Å²) in [5, 5.41) is 2.77. The number of alkyl halides is 3. The van der Waals surface area contributed by atoms with Gasteiger partial charge in [0, 0.05) is 18.9 Å². The number of carbonyl (C=O) groups is 3. The maximum Gasteiger partial charge on any atom is 0.416 e. The SMILES string of the molecule is CN(CC(=O)NNC(=O)c1cccnc1Nc1ccc(C(F)(F)F)cc1)C(=O)OC(C)(C)C. The maximum atomic E-state index is 12.7. The lowest BCUT2D eigenvalue weighted by atomic mass is 10.2. The van der Waals surface area contributed by atoms with Crippen LogP contribution in [0.15, 0.2) is 42.6 Å². The van der Waals surface area contributed by atoms with E-state index in [2.05, 4.69) is 21.2 Å². The van der Waals surface area contributed by atoms with E-state index in [1.807, 2.05) is 0 Å². The van der Waals surface area contributed by atoms with Gasteiger partial charge in [0.15, 0.2) is 0 Å². The van der Waals surface area contributed by atoms with Crippen molar-refractivity contribution in [1.29, 1.82) is 0 Å². The Morgan fingerprint density at radius 3 is 2.24 bits per heavy atom. The van der Waals surface area contributed by atoms with Crippen molar-refractivity contribution in [3.05, 3.63) is 53.7 Å². The quantitative estimate of drug-likeness (QED) is 0.581. The van der Waals surface area contributed by atoms with Gasteiger partial charge in [0.2, 0.25) is 0 Å². The first-order valence-corrected chi connectivity index (χ1v) is 9.69. The van der Waals surface area contributed by atoms with Crippen molar-refractivity contribution in [2.24, 2.45) is 0 Å². The van der Waals surface area contributed by atoms with Crippen LogP contribution in [-0.2, 0) is 15.7 Å². The highest BCUT2D eigenvalue weighted by Crippen LogP contribution is 2.30. The fourth-order valence-corrected chi connectivity index (χ4v) is 2.42. The standard InChI is InChI=1S/C21H24F3N5O4/c1-20(2,3)33-19(32)29(4)12-16(30)27-28-18(31)15-6-5-11-25-17(15)26-14-9-7-13(8-10-14)21(22,23)24/h5-11H,12H2,1-4H3,(H,25,26)(H,27,30)(H,28,31). The highest BCUT2D eigenvalue weighted by atomic mass is 19.4. The number of hydrazine groups is 1. The zero-order valence-electron chi connectivity index (χ0n) is 18.4. The largest absolute Gasteiger partial charge is 0.444 e. The van der Waals surface area contributed by atoms with Gasteiger partial charge in [-0.25, -0.2) is 9.78 Å². The number of likely N-dealkylation sites (N-methyl/N-ethyl adjacent to an activating group) is 1. The molecular weight excluding hydrogens is 443 g/mol. The molecule has 9 nitrogen and oxygen atoms in total. The second kappa shape index (κ2) is 10.2. The van der Waals surface area contributed by atoms with E-state index in [0.29, 0.717) is 0 Å². The van der Waals surface area contributed by atoms with Gasteiger partial charge in [-0.3, -0.25) is 20.4 Å². The van der Waals surface area contributed by atoms with Crippen LogP contribution in [0.5, 0.6) is 0 Å². The molecule has 0 aliphatic rings.